The number of nitrogens with zero attached hydrogens (tertiary/aromatic N) is 1. The number of carbonyl (C=O) groups is 4. The molecule has 3 amide bonds. The van der Waals surface area contributed by atoms with Gasteiger partial charge in [-0.1, -0.05) is 37.8 Å². The number of nitrogens with one attached hydrogen (secondary N) is 3. The van der Waals surface area contributed by atoms with Crippen LogP contribution in [0.5, 0.6) is 0 Å². The lowest BCUT2D eigenvalue weighted by Gasteiger charge is -2.28. The second-order valence-electron chi connectivity index (χ2n) is 12.1. The van der Waals surface area contributed by atoms with Gasteiger partial charge in [-0.05, 0) is 69.6 Å². The second-order valence-corrected chi connectivity index (χ2v) is 12.1. The molecule has 1 heterocycles. The van der Waals surface area contributed by atoms with Crippen LogP contribution in [0.3, 0.4) is 0 Å². The fourth-order valence-corrected chi connectivity index (χ4v) is 5.89. The number of epoxide rings is 1. The summed E-state index contributed by atoms with van der Waals surface area (Å²) in [7, 11) is 0. The Hall–Kier alpha value is -3.29. The van der Waals surface area contributed by atoms with Crippen LogP contribution in [-0.2, 0) is 30.3 Å². The molecule has 0 spiro atoms. The molecule has 10 nitrogen and oxygen atoms in total. The zero-order valence-electron chi connectivity index (χ0n) is 24.0. The average molecular weight is 567 g/mol. The summed E-state index contributed by atoms with van der Waals surface area (Å²) >= 11 is 0. The van der Waals surface area contributed by atoms with Crippen LogP contribution < -0.4 is 16.0 Å². The summed E-state index contributed by atoms with van der Waals surface area (Å²) in [5.74, 6) is -1.32. The van der Waals surface area contributed by atoms with Gasteiger partial charge in [0, 0.05) is 12.3 Å². The number of nitriles is 1. The lowest BCUT2D eigenvalue weighted by molar-refractivity contribution is -0.135. The SMILES string of the molecule is C[C@@H](NC(=O)C1CCC(O)CC1)C(=O)N[C@@H](Cc1ccc(C#N)cc1)C(=O)N[C@@H](CC1CCCC1)C(=O)[C@@]1(C)CO1. The van der Waals surface area contributed by atoms with Crippen molar-refractivity contribution in [3.05, 3.63) is 35.4 Å². The maximum absolute atomic E-state index is 13.7. The first kappa shape index (κ1) is 30.7. The van der Waals surface area contributed by atoms with E-state index in [4.69, 9.17) is 10.00 Å². The number of rotatable bonds is 12. The molecule has 0 radical (unpaired) electrons. The number of carbonyl (C=O) groups excluding carboxylic acids is 4. The molecule has 1 aromatic rings. The number of hydrogen-bond acceptors (Lipinski definition) is 7. The maximum atomic E-state index is 13.7. The molecule has 1 aromatic carbocycles. The van der Waals surface area contributed by atoms with Crippen LogP contribution in [0.4, 0.5) is 0 Å². The van der Waals surface area contributed by atoms with Crippen molar-refractivity contribution in [2.45, 2.75) is 108 Å². The summed E-state index contributed by atoms with van der Waals surface area (Å²) in [4.78, 5) is 52.9. The molecule has 0 unspecified atom stereocenters. The molecule has 4 atom stereocenters. The van der Waals surface area contributed by atoms with Gasteiger partial charge >= 0.3 is 0 Å². The van der Waals surface area contributed by atoms with Crippen LogP contribution in [0, 0.1) is 23.2 Å². The normalized spacial score (nSPS) is 26.2. The van der Waals surface area contributed by atoms with E-state index in [0.717, 1.165) is 31.2 Å². The quantitative estimate of drug-likeness (QED) is 0.282. The Morgan fingerprint density at radius 3 is 2.17 bits per heavy atom. The van der Waals surface area contributed by atoms with Crippen molar-refractivity contribution >= 4 is 23.5 Å². The highest BCUT2D eigenvalue weighted by Crippen LogP contribution is 2.33. The van der Waals surface area contributed by atoms with Gasteiger partial charge in [-0.25, -0.2) is 0 Å². The van der Waals surface area contributed by atoms with Crippen LogP contribution in [0.25, 0.3) is 0 Å². The van der Waals surface area contributed by atoms with Gasteiger partial charge in [0.25, 0.3) is 0 Å². The van der Waals surface area contributed by atoms with E-state index in [2.05, 4.69) is 22.0 Å². The fourth-order valence-electron chi connectivity index (χ4n) is 5.89. The molecule has 1 aliphatic heterocycles. The smallest absolute Gasteiger partial charge is 0.243 e. The molecule has 4 rings (SSSR count). The van der Waals surface area contributed by atoms with Crippen molar-refractivity contribution < 1.29 is 29.0 Å². The van der Waals surface area contributed by atoms with Gasteiger partial charge in [-0.2, -0.15) is 5.26 Å². The first-order valence-corrected chi connectivity index (χ1v) is 14.8. The molecule has 1 saturated heterocycles. The van der Waals surface area contributed by atoms with Gasteiger partial charge in [-0.3, -0.25) is 19.2 Å². The Morgan fingerprint density at radius 1 is 0.976 bits per heavy atom. The first-order chi connectivity index (χ1) is 19.6. The first-order valence-electron chi connectivity index (χ1n) is 14.8. The Kier molecular flexibility index (Phi) is 10.2. The predicted molar refractivity (Wildman–Crippen MR) is 150 cm³/mol. The standard InChI is InChI=1S/C31H42N4O6/c1-19(33-29(39)23-11-13-24(36)14-12-23)28(38)35-26(16-21-7-9-22(17-32)10-8-21)30(40)34-25(15-20-5-3-4-6-20)27(37)31(2)18-41-31/h7-10,19-20,23-26,36H,3-6,11-16,18H2,1-2H3,(H,33,39)(H,34,40)(H,35,38)/t19-,23?,24?,25+,26+,31-/m1/s1. The van der Waals surface area contributed by atoms with Crippen molar-refractivity contribution in [3.8, 4) is 6.07 Å². The maximum Gasteiger partial charge on any atom is 0.243 e. The minimum atomic E-state index is -1.01. The van der Waals surface area contributed by atoms with E-state index in [1.165, 1.54) is 0 Å². The zero-order valence-corrected chi connectivity index (χ0v) is 24.0. The van der Waals surface area contributed by atoms with Crippen molar-refractivity contribution in [2.75, 3.05) is 6.61 Å². The third-order valence-electron chi connectivity index (χ3n) is 8.75. The van der Waals surface area contributed by atoms with E-state index in [1.54, 1.807) is 38.1 Å². The summed E-state index contributed by atoms with van der Waals surface area (Å²) < 4.78 is 5.40. The lowest BCUT2D eigenvalue weighted by atomic mass is 9.87. The van der Waals surface area contributed by atoms with Crippen LogP contribution in [0.2, 0.25) is 0 Å². The molecule has 2 saturated carbocycles. The largest absolute Gasteiger partial charge is 0.393 e. The van der Waals surface area contributed by atoms with Gasteiger partial charge in [0.05, 0.1) is 30.4 Å². The fraction of sp³-hybridized carbons (Fsp3) is 0.645. The Balaban J connectivity index is 1.45. The number of amides is 3. The molecule has 0 aromatic heterocycles. The van der Waals surface area contributed by atoms with Crippen LogP contribution in [-0.4, -0.2) is 65.0 Å². The number of benzene rings is 1. The molecular weight excluding hydrogens is 524 g/mol. The number of Topliss-reactive ketones (excluding diaryl/α,β-unsaturated/α-hetero) is 1. The molecule has 10 heteroatoms. The third-order valence-corrected chi connectivity index (χ3v) is 8.75. The number of aliphatic hydroxyl groups is 1. The zero-order chi connectivity index (χ0) is 29.6. The van der Waals surface area contributed by atoms with E-state index >= 15 is 0 Å². The highest BCUT2D eigenvalue weighted by molar-refractivity contribution is 5.98. The second kappa shape index (κ2) is 13.6. The molecule has 0 bridgehead atoms. The van der Waals surface area contributed by atoms with Gasteiger partial charge in [-0.15, -0.1) is 0 Å². The average Bonchev–Trinajstić information content (AvgIpc) is 3.50. The van der Waals surface area contributed by atoms with Gasteiger partial charge in [0.2, 0.25) is 17.7 Å². The van der Waals surface area contributed by atoms with Crippen molar-refractivity contribution in [1.82, 2.24) is 16.0 Å². The number of aliphatic hydroxyl groups excluding tert-OH is 1. The van der Waals surface area contributed by atoms with Crippen LogP contribution in [0.1, 0.15) is 82.8 Å². The molecule has 4 N–H and O–H groups in total. The van der Waals surface area contributed by atoms with Gasteiger partial charge < -0.3 is 25.8 Å². The summed E-state index contributed by atoms with van der Waals surface area (Å²) in [6.45, 7) is 3.63. The van der Waals surface area contributed by atoms with E-state index in [0.29, 0.717) is 50.2 Å². The minimum Gasteiger partial charge on any atom is -0.393 e. The van der Waals surface area contributed by atoms with Gasteiger partial charge in [0.15, 0.2) is 5.78 Å². The predicted octanol–water partition coefficient (Wildman–Crippen LogP) is 2.06. The van der Waals surface area contributed by atoms with Crippen molar-refractivity contribution in [1.29, 1.82) is 5.26 Å². The van der Waals surface area contributed by atoms with E-state index < -0.39 is 35.5 Å². The molecular formula is C31H42N4O6. The minimum absolute atomic E-state index is 0.141. The molecule has 3 aliphatic rings. The van der Waals surface area contributed by atoms with Crippen molar-refractivity contribution in [2.24, 2.45) is 11.8 Å². The summed E-state index contributed by atoms with van der Waals surface area (Å²) in [5, 5.41) is 27.3. The van der Waals surface area contributed by atoms with Crippen LogP contribution in [0.15, 0.2) is 24.3 Å². The summed E-state index contributed by atoms with van der Waals surface area (Å²) in [6, 6.07) is 6.20. The monoisotopic (exact) mass is 566 g/mol. The van der Waals surface area contributed by atoms with E-state index in [9.17, 15) is 24.3 Å². The highest BCUT2D eigenvalue weighted by Gasteiger charge is 2.50. The van der Waals surface area contributed by atoms with Crippen molar-refractivity contribution in [3.63, 3.8) is 0 Å². The number of hydrogen-bond donors (Lipinski definition) is 4. The third kappa shape index (κ3) is 8.37. The topological polar surface area (TPSA) is 161 Å². The highest BCUT2D eigenvalue weighted by atomic mass is 16.6. The number of ketones is 1. The Morgan fingerprint density at radius 2 is 1.59 bits per heavy atom. The molecule has 41 heavy (non-hydrogen) atoms. The van der Waals surface area contributed by atoms with E-state index in [-0.39, 0.29) is 30.1 Å². The number of ether oxygens (including phenoxy) is 1. The molecule has 222 valence electrons. The Bertz CT molecular complexity index is 1140. The molecule has 2 aliphatic carbocycles. The Labute approximate surface area is 241 Å². The van der Waals surface area contributed by atoms with Crippen LogP contribution >= 0.6 is 0 Å². The summed E-state index contributed by atoms with van der Waals surface area (Å²) in [6.07, 6.45) is 6.75. The lowest BCUT2D eigenvalue weighted by Crippen LogP contribution is -2.57. The molecule has 3 fully saturated rings. The van der Waals surface area contributed by atoms with E-state index in [1.807, 2.05) is 0 Å². The summed E-state index contributed by atoms with van der Waals surface area (Å²) in [5.41, 5.74) is 0.319. The van der Waals surface area contributed by atoms with Gasteiger partial charge in [0.1, 0.15) is 17.7 Å².